The molecule has 1 saturated carbocycles. The van der Waals surface area contributed by atoms with Crippen molar-refractivity contribution in [3.63, 3.8) is 0 Å². The molecule has 0 aromatic heterocycles. The largest absolute Gasteiger partial charge is 0.373 e. The maximum absolute atomic E-state index is 12.2. The number of nitrogens with one attached hydrogen (secondary N) is 1. The van der Waals surface area contributed by atoms with Gasteiger partial charge in [-0.05, 0) is 24.7 Å². The number of nitrogens with two attached hydrogens (primary N) is 1. The molecule has 5 heteroatoms. The fraction of sp³-hybridized carbons (Fsp3) is 0.938. The molecule has 21 heavy (non-hydrogen) atoms. The lowest BCUT2D eigenvalue weighted by molar-refractivity contribution is -0.127. The highest BCUT2D eigenvalue weighted by molar-refractivity contribution is 5.85. The molecule has 0 bridgehead atoms. The van der Waals surface area contributed by atoms with E-state index in [1.165, 1.54) is 19.3 Å². The number of rotatable bonds is 6. The van der Waals surface area contributed by atoms with E-state index in [0.29, 0.717) is 6.54 Å². The Balaban J connectivity index is 0.00000400. The smallest absolute Gasteiger partial charge is 0.237 e. The van der Waals surface area contributed by atoms with E-state index in [0.717, 1.165) is 25.9 Å². The lowest BCUT2D eigenvalue weighted by atomic mass is 9.83. The molecule has 0 aromatic rings. The highest BCUT2D eigenvalue weighted by atomic mass is 35.5. The Morgan fingerprint density at radius 1 is 1.29 bits per heavy atom. The maximum atomic E-state index is 12.2. The molecule has 0 aliphatic heterocycles. The van der Waals surface area contributed by atoms with Gasteiger partial charge in [0, 0.05) is 13.2 Å². The van der Waals surface area contributed by atoms with Crippen LogP contribution in [0.4, 0.5) is 0 Å². The van der Waals surface area contributed by atoms with E-state index in [1.807, 2.05) is 20.8 Å². The number of halogens is 1. The average Bonchev–Trinajstić information content (AvgIpc) is 2.42. The molecule has 1 amide bonds. The molecule has 1 fully saturated rings. The molecule has 4 nitrogen and oxygen atoms in total. The highest BCUT2D eigenvalue weighted by Gasteiger charge is 2.35. The van der Waals surface area contributed by atoms with Crippen LogP contribution in [0.25, 0.3) is 0 Å². The molecule has 1 aliphatic carbocycles. The predicted octanol–water partition coefficient (Wildman–Crippen LogP) is 3.03. The van der Waals surface area contributed by atoms with Crippen molar-refractivity contribution in [3.05, 3.63) is 0 Å². The summed E-state index contributed by atoms with van der Waals surface area (Å²) in [7, 11) is 0. The van der Waals surface area contributed by atoms with Crippen LogP contribution >= 0.6 is 12.4 Å². The van der Waals surface area contributed by atoms with Crippen molar-refractivity contribution in [2.75, 3.05) is 13.2 Å². The lowest BCUT2D eigenvalue weighted by Gasteiger charge is -2.38. The summed E-state index contributed by atoms with van der Waals surface area (Å²) in [4.78, 5) is 12.2. The zero-order valence-corrected chi connectivity index (χ0v) is 14.9. The Morgan fingerprint density at radius 3 is 2.33 bits per heavy atom. The molecule has 0 saturated heterocycles. The van der Waals surface area contributed by atoms with E-state index in [9.17, 15) is 4.79 Å². The van der Waals surface area contributed by atoms with E-state index in [1.54, 1.807) is 0 Å². The fourth-order valence-corrected chi connectivity index (χ4v) is 2.64. The molecule has 126 valence electrons. The molecular formula is C16H33ClN2O2. The number of hydrogen-bond acceptors (Lipinski definition) is 3. The minimum absolute atomic E-state index is 0. The average molecular weight is 321 g/mol. The third kappa shape index (κ3) is 6.54. The van der Waals surface area contributed by atoms with Crippen LogP contribution in [0.2, 0.25) is 0 Å². The van der Waals surface area contributed by atoms with E-state index in [-0.39, 0.29) is 29.3 Å². The fourth-order valence-electron chi connectivity index (χ4n) is 2.64. The Hall–Kier alpha value is -0.320. The lowest BCUT2D eigenvalue weighted by Crippen LogP contribution is -2.53. The van der Waals surface area contributed by atoms with Crippen LogP contribution in [0.15, 0.2) is 0 Å². The van der Waals surface area contributed by atoms with Crippen LogP contribution in [0, 0.1) is 5.41 Å². The quantitative estimate of drug-likeness (QED) is 0.790. The third-order valence-corrected chi connectivity index (χ3v) is 4.18. The zero-order valence-electron chi connectivity index (χ0n) is 14.0. The molecule has 1 atom stereocenters. The van der Waals surface area contributed by atoms with Gasteiger partial charge < -0.3 is 15.8 Å². The molecule has 0 unspecified atom stereocenters. The van der Waals surface area contributed by atoms with Crippen LogP contribution in [-0.4, -0.2) is 30.7 Å². The van der Waals surface area contributed by atoms with Gasteiger partial charge >= 0.3 is 0 Å². The van der Waals surface area contributed by atoms with E-state index in [4.69, 9.17) is 10.5 Å². The van der Waals surface area contributed by atoms with Crippen molar-refractivity contribution < 1.29 is 9.53 Å². The summed E-state index contributed by atoms with van der Waals surface area (Å²) < 4.78 is 6.08. The first-order valence-electron chi connectivity index (χ1n) is 7.98. The summed E-state index contributed by atoms with van der Waals surface area (Å²) in [6.45, 7) is 9.44. The van der Waals surface area contributed by atoms with Crippen LogP contribution in [0.1, 0.15) is 66.2 Å². The SMILES string of the molecule is CCCOC1(CNC(=O)[C@@H](N)C(C)(C)C)CCCCC1.Cl. The summed E-state index contributed by atoms with van der Waals surface area (Å²) in [5, 5.41) is 3.02. The molecule has 3 N–H and O–H groups in total. The Kier molecular flexibility index (Phi) is 8.83. The molecular weight excluding hydrogens is 288 g/mol. The van der Waals surface area contributed by atoms with Crippen LogP contribution in [-0.2, 0) is 9.53 Å². The molecule has 0 spiro atoms. The first-order chi connectivity index (χ1) is 9.31. The van der Waals surface area contributed by atoms with Gasteiger partial charge in [-0.1, -0.05) is 47.0 Å². The molecule has 1 rings (SSSR count). The second kappa shape index (κ2) is 8.96. The van der Waals surface area contributed by atoms with Crippen molar-refractivity contribution in [1.29, 1.82) is 0 Å². The molecule has 1 aliphatic rings. The van der Waals surface area contributed by atoms with E-state index >= 15 is 0 Å². The number of amides is 1. The first-order valence-corrected chi connectivity index (χ1v) is 7.98. The van der Waals surface area contributed by atoms with Crippen molar-refractivity contribution in [2.45, 2.75) is 77.9 Å². The van der Waals surface area contributed by atoms with Gasteiger partial charge in [0.25, 0.3) is 0 Å². The molecule has 0 heterocycles. The van der Waals surface area contributed by atoms with Crippen molar-refractivity contribution in [2.24, 2.45) is 11.1 Å². The van der Waals surface area contributed by atoms with Crippen molar-refractivity contribution >= 4 is 18.3 Å². The number of carbonyl (C=O) groups is 1. The second-order valence-corrected chi connectivity index (χ2v) is 7.15. The van der Waals surface area contributed by atoms with Crippen LogP contribution in [0.3, 0.4) is 0 Å². The summed E-state index contributed by atoms with van der Waals surface area (Å²) >= 11 is 0. The first kappa shape index (κ1) is 20.7. The van der Waals surface area contributed by atoms with Gasteiger partial charge in [0.2, 0.25) is 5.91 Å². The van der Waals surface area contributed by atoms with Gasteiger partial charge in [-0.25, -0.2) is 0 Å². The Bertz CT molecular complexity index is 310. The van der Waals surface area contributed by atoms with Gasteiger partial charge in [-0.3, -0.25) is 4.79 Å². The van der Waals surface area contributed by atoms with Crippen LogP contribution in [0.5, 0.6) is 0 Å². The summed E-state index contributed by atoms with van der Waals surface area (Å²) in [5.41, 5.74) is 5.62. The van der Waals surface area contributed by atoms with Gasteiger partial charge in [-0.2, -0.15) is 0 Å². The van der Waals surface area contributed by atoms with Crippen molar-refractivity contribution in [1.82, 2.24) is 5.32 Å². The predicted molar refractivity (Wildman–Crippen MR) is 89.7 cm³/mol. The summed E-state index contributed by atoms with van der Waals surface area (Å²) in [5.74, 6) is -0.0671. The third-order valence-electron chi connectivity index (χ3n) is 4.18. The Labute approximate surface area is 136 Å². The minimum Gasteiger partial charge on any atom is -0.373 e. The molecule has 0 aromatic carbocycles. The maximum Gasteiger partial charge on any atom is 0.237 e. The Morgan fingerprint density at radius 2 is 1.86 bits per heavy atom. The summed E-state index contributed by atoms with van der Waals surface area (Å²) in [6.07, 6.45) is 6.73. The zero-order chi connectivity index (χ0) is 15.2. The summed E-state index contributed by atoms with van der Waals surface area (Å²) in [6, 6.07) is -0.477. The highest BCUT2D eigenvalue weighted by Crippen LogP contribution is 2.31. The van der Waals surface area contributed by atoms with Gasteiger partial charge in [0.15, 0.2) is 0 Å². The van der Waals surface area contributed by atoms with Gasteiger partial charge in [0.1, 0.15) is 0 Å². The van der Waals surface area contributed by atoms with Crippen molar-refractivity contribution in [3.8, 4) is 0 Å². The van der Waals surface area contributed by atoms with E-state index < -0.39 is 6.04 Å². The molecule has 0 radical (unpaired) electrons. The van der Waals surface area contributed by atoms with Gasteiger partial charge in [-0.15, -0.1) is 12.4 Å². The second-order valence-electron chi connectivity index (χ2n) is 7.15. The topological polar surface area (TPSA) is 64.3 Å². The monoisotopic (exact) mass is 320 g/mol. The standard InChI is InChI=1S/C16H32N2O2.ClH/c1-5-11-20-16(9-7-6-8-10-16)12-18-14(19)13(17)15(2,3)4;/h13H,5-12,17H2,1-4H3,(H,18,19);1H/t13-;/m1./s1. The van der Waals surface area contributed by atoms with E-state index in [2.05, 4.69) is 12.2 Å². The van der Waals surface area contributed by atoms with Crippen LogP contribution < -0.4 is 11.1 Å². The number of carbonyl (C=O) groups excluding carboxylic acids is 1. The number of hydrogen-bond donors (Lipinski definition) is 2. The van der Waals surface area contributed by atoms with Gasteiger partial charge in [0.05, 0.1) is 11.6 Å². The normalized spacial score (nSPS) is 19.5. The minimum atomic E-state index is -0.477. The number of ether oxygens (including phenoxy) is 1.